The molecule has 3 saturated heterocycles. The van der Waals surface area contributed by atoms with E-state index < -0.39 is 6.09 Å². The van der Waals surface area contributed by atoms with Crippen LogP contribution in [0.25, 0.3) is 11.3 Å². The number of hydrogen-bond donors (Lipinski definition) is 1. The van der Waals surface area contributed by atoms with Gasteiger partial charge in [-0.1, -0.05) is 11.6 Å². The van der Waals surface area contributed by atoms with Crippen molar-refractivity contribution >= 4 is 17.7 Å². The molecule has 0 radical (unpaired) electrons. The minimum atomic E-state index is -0.453. The lowest BCUT2D eigenvalue weighted by Gasteiger charge is -2.44. The number of halogens is 1. The average Bonchev–Trinajstić information content (AvgIpc) is 3.05. The predicted molar refractivity (Wildman–Crippen MR) is 91.3 cm³/mol. The summed E-state index contributed by atoms with van der Waals surface area (Å²) in [5.74, 6) is 1.39. The van der Waals surface area contributed by atoms with Gasteiger partial charge in [-0.15, -0.1) is 0 Å². The Hall–Kier alpha value is -1.98. The molecule has 1 atom stereocenters. The number of nitrogens with zero attached hydrogens (tertiary/aromatic N) is 1. The van der Waals surface area contributed by atoms with E-state index in [9.17, 15) is 4.79 Å². The molecule has 1 aromatic heterocycles. The van der Waals surface area contributed by atoms with Gasteiger partial charge in [0.25, 0.3) is 5.95 Å². The van der Waals surface area contributed by atoms with Crippen LogP contribution in [0.3, 0.4) is 0 Å². The van der Waals surface area contributed by atoms with Crippen LogP contribution < -0.4 is 10.1 Å². The summed E-state index contributed by atoms with van der Waals surface area (Å²) in [5, 5.41) is 3.64. The first-order chi connectivity index (χ1) is 11.7. The Morgan fingerprint density at radius 1 is 1.17 bits per heavy atom. The van der Waals surface area contributed by atoms with Crippen LogP contribution in [0.2, 0.25) is 5.02 Å². The smallest absolute Gasteiger partial charge is 0.415 e. The van der Waals surface area contributed by atoms with E-state index in [4.69, 9.17) is 20.8 Å². The van der Waals surface area contributed by atoms with E-state index in [1.807, 2.05) is 12.1 Å². The van der Waals surface area contributed by atoms with E-state index in [0.717, 1.165) is 38.0 Å². The lowest BCUT2D eigenvalue weighted by Crippen LogP contribution is -2.57. The standard InChI is InChI=1S/C18H19ClN2O3/c19-14-3-1-13(2-4-14)16-5-6-17(23-16)24-18(22)20-15-11-21-9-7-12(15)8-10-21/h1-6,12,15H,7-11H2,(H,20,22). The number of benzene rings is 1. The first-order valence-corrected chi connectivity index (χ1v) is 8.62. The summed E-state index contributed by atoms with van der Waals surface area (Å²) in [7, 11) is 0. The molecule has 3 fully saturated rings. The number of amides is 1. The minimum absolute atomic E-state index is 0.172. The van der Waals surface area contributed by atoms with Crippen LogP contribution in [0.15, 0.2) is 40.8 Å². The zero-order valence-corrected chi connectivity index (χ0v) is 14.0. The van der Waals surface area contributed by atoms with Crippen molar-refractivity contribution in [2.45, 2.75) is 18.9 Å². The third-order valence-electron chi connectivity index (χ3n) is 4.86. The number of fused-ring (bicyclic) bond motifs is 3. The largest absolute Gasteiger partial charge is 0.425 e. The normalized spacial score (nSPS) is 25.5. The number of ether oxygens (including phenoxy) is 1. The maximum atomic E-state index is 12.1. The van der Waals surface area contributed by atoms with Crippen LogP contribution in [0.4, 0.5) is 4.79 Å². The van der Waals surface area contributed by atoms with Gasteiger partial charge in [-0.05, 0) is 62.2 Å². The highest BCUT2D eigenvalue weighted by molar-refractivity contribution is 6.30. The molecule has 5 nitrogen and oxygen atoms in total. The van der Waals surface area contributed by atoms with Gasteiger partial charge in [0.05, 0.1) is 0 Å². The molecule has 126 valence electrons. The molecule has 1 unspecified atom stereocenters. The summed E-state index contributed by atoms with van der Waals surface area (Å²) in [6.45, 7) is 3.19. The van der Waals surface area contributed by atoms with Gasteiger partial charge >= 0.3 is 6.09 Å². The van der Waals surface area contributed by atoms with Gasteiger partial charge in [0, 0.05) is 29.2 Å². The molecule has 1 aromatic carbocycles. The maximum Gasteiger partial charge on any atom is 0.415 e. The van der Waals surface area contributed by atoms with Crippen molar-refractivity contribution in [3.63, 3.8) is 0 Å². The van der Waals surface area contributed by atoms with Crippen molar-refractivity contribution in [3.8, 4) is 17.3 Å². The highest BCUT2D eigenvalue weighted by atomic mass is 35.5. The van der Waals surface area contributed by atoms with Crippen LogP contribution in [0, 0.1) is 5.92 Å². The van der Waals surface area contributed by atoms with Crippen LogP contribution in [0.5, 0.6) is 5.95 Å². The summed E-state index contributed by atoms with van der Waals surface area (Å²) in [5.41, 5.74) is 0.882. The Morgan fingerprint density at radius 3 is 2.58 bits per heavy atom. The van der Waals surface area contributed by atoms with Crippen molar-refractivity contribution in [1.82, 2.24) is 10.2 Å². The number of carbonyl (C=O) groups excluding carboxylic acids is 1. The highest BCUT2D eigenvalue weighted by Gasteiger charge is 2.35. The van der Waals surface area contributed by atoms with Gasteiger partial charge in [-0.25, -0.2) is 4.79 Å². The van der Waals surface area contributed by atoms with Crippen molar-refractivity contribution in [2.24, 2.45) is 5.92 Å². The minimum Gasteiger partial charge on any atom is -0.425 e. The van der Waals surface area contributed by atoms with E-state index in [2.05, 4.69) is 10.2 Å². The van der Waals surface area contributed by atoms with Gasteiger partial charge in [-0.2, -0.15) is 0 Å². The SMILES string of the molecule is O=C(NC1CN2CCC1CC2)Oc1ccc(-c2ccc(Cl)cc2)o1. The van der Waals surface area contributed by atoms with Crippen LogP contribution in [-0.2, 0) is 0 Å². The van der Waals surface area contributed by atoms with Gasteiger partial charge in [0.1, 0.15) is 5.76 Å². The number of rotatable bonds is 3. The molecule has 3 aliphatic rings. The van der Waals surface area contributed by atoms with E-state index in [-0.39, 0.29) is 12.0 Å². The van der Waals surface area contributed by atoms with Gasteiger partial charge in [0.15, 0.2) is 0 Å². The fourth-order valence-electron chi connectivity index (χ4n) is 3.55. The number of piperidine rings is 3. The average molecular weight is 347 g/mol. The fourth-order valence-corrected chi connectivity index (χ4v) is 3.67. The lowest BCUT2D eigenvalue weighted by molar-refractivity contribution is 0.0715. The monoisotopic (exact) mass is 346 g/mol. The van der Waals surface area contributed by atoms with Crippen molar-refractivity contribution in [1.29, 1.82) is 0 Å². The molecule has 2 aromatic rings. The molecule has 1 N–H and O–H groups in total. The van der Waals surface area contributed by atoms with Crippen molar-refractivity contribution in [2.75, 3.05) is 19.6 Å². The number of carbonyl (C=O) groups is 1. The lowest BCUT2D eigenvalue weighted by atomic mass is 9.84. The Balaban J connectivity index is 1.37. The second-order valence-corrected chi connectivity index (χ2v) is 6.84. The molecule has 0 saturated carbocycles. The summed E-state index contributed by atoms with van der Waals surface area (Å²) in [6, 6.07) is 10.9. The molecule has 0 aliphatic carbocycles. The first kappa shape index (κ1) is 15.5. The molecule has 6 heteroatoms. The Labute approximate surface area is 145 Å². The van der Waals surface area contributed by atoms with Crippen LogP contribution in [-0.4, -0.2) is 36.7 Å². The Morgan fingerprint density at radius 2 is 1.92 bits per heavy atom. The molecule has 24 heavy (non-hydrogen) atoms. The summed E-state index contributed by atoms with van der Waals surface area (Å²) >= 11 is 5.88. The Bertz CT molecular complexity index is 720. The second-order valence-electron chi connectivity index (χ2n) is 6.40. The molecule has 5 rings (SSSR count). The van der Waals surface area contributed by atoms with E-state index in [0.29, 0.717) is 16.7 Å². The zero-order valence-electron chi connectivity index (χ0n) is 13.2. The third kappa shape index (κ3) is 3.28. The summed E-state index contributed by atoms with van der Waals surface area (Å²) in [4.78, 5) is 14.5. The fraction of sp³-hybridized carbons (Fsp3) is 0.389. The zero-order chi connectivity index (χ0) is 16.5. The van der Waals surface area contributed by atoms with Crippen LogP contribution >= 0.6 is 11.6 Å². The predicted octanol–water partition coefficient (Wildman–Crippen LogP) is 3.78. The van der Waals surface area contributed by atoms with E-state index in [1.54, 1.807) is 24.3 Å². The number of hydrogen-bond acceptors (Lipinski definition) is 4. The first-order valence-electron chi connectivity index (χ1n) is 8.24. The van der Waals surface area contributed by atoms with Crippen molar-refractivity contribution < 1.29 is 13.9 Å². The summed E-state index contributed by atoms with van der Waals surface area (Å²) < 4.78 is 10.9. The number of nitrogens with one attached hydrogen (secondary N) is 1. The maximum absolute atomic E-state index is 12.1. The summed E-state index contributed by atoms with van der Waals surface area (Å²) in [6.07, 6.45) is 1.84. The van der Waals surface area contributed by atoms with E-state index in [1.165, 1.54) is 0 Å². The van der Waals surface area contributed by atoms with Gasteiger partial charge < -0.3 is 19.4 Å². The quantitative estimate of drug-likeness (QED) is 0.918. The van der Waals surface area contributed by atoms with E-state index >= 15 is 0 Å². The Kier molecular flexibility index (Phi) is 4.21. The topological polar surface area (TPSA) is 54.7 Å². The third-order valence-corrected chi connectivity index (χ3v) is 5.11. The molecule has 1 amide bonds. The highest BCUT2D eigenvalue weighted by Crippen LogP contribution is 2.29. The van der Waals surface area contributed by atoms with Gasteiger partial charge in [0.2, 0.25) is 0 Å². The molecule has 2 bridgehead atoms. The number of furan rings is 1. The van der Waals surface area contributed by atoms with Crippen LogP contribution in [0.1, 0.15) is 12.8 Å². The van der Waals surface area contributed by atoms with Crippen molar-refractivity contribution in [3.05, 3.63) is 41.4 Å². The molecule has 4 heterocycles. The molecular weight excluding hydrogens is 328 g/mol. The second kappa shape index (κ2) is 6.49. The molecule has 0 spiro atoms. The molecular formula is C18H19ClN2O3. The van der Waals surface area contributed by atoms with Gasteiger partial charge in [-0.3, -0.25) is 0 Å². The molecule has 3 aliphatic heterocycles.